The minimum Gasteiger partial charge on any atom is -0.496 e. The molecule has 2 aromatic carbocycles. The van der Waals surface area contributed by atoms with Crippen LogP contribution < -0.4 is 4.74 Å². The third-order valence-electron chi connectivity index (χ3n) is 3.76. The first-order valence-corrected chi connectivity index (χ1v) is 7.61. The fourth-order valence-corrected chi connectivity index (χ4v) is 3.20. The Balaban J connectivity index is 2.02. The molecular weight excluding hydrogens is 350 g/mol. The summed E-state index contributed by atoms with van der Waals surface area (Å²) in [5.74, 6) is 0.746. The lowest BCUT2D eigenvalue weighted by Crippen LogP contribution is -2.17. The van der Waals surface area contributed by atoms with E-state index in [-0.39, 0.29) is 11.8 Å². The summed E-state index contributed by atoms with van der Waals surface area (Å²) in [6, 6.07) is 10.5. The largest absolute Gasteiger partial charge is 0.496 e. The highest BCUT2D eigenvalue weighted by Crippen LogP contribution is 2.38. The monoisotopic (exact) mass is 363 g/mol. The molecular formula is C16H14BrNO4. The van der Waals surface area contributed by atoms with Crippen LogP contribution in [0.15, 0.2) is 40.9 Å². The summed E-state index contributed by atoms with van der Waals surface area (Å²) in [5, 5.41) is 10.8. The molecule has 1 heterocycles. The molecule has 22 heavy (non-hydrogen) atoms. The summed E-state index contributed by atoms with van der Waals surface area (Å²) in [6.45, 7) is 0.618. The molecule has 0 radical (unpaired) electrons. The number of methoxy groups -OCH3 is 1. The minimum atomic E-state index is -0.403. The molecule has 6 heteroatoms. The Kier molecular flexibility index (Phi) is 4.13. The molecule has 0 fully saturated rings. The zero-order chi connectivity index (χ0) is 15.7. The van der Waals surface area contributed by atoms with Crippen LogP contribution in [0.2, 0.25) is 0 Å². The van der Waals surface area contributed by atoms with Gasteiger partial charge in [-0.1, -0.05) is 0 Å². The lowest BCUT2D eigenvalue weighted by Gasteiger charge is -2.27. The first kappa shape index (κ1) is 15.0. The number of benzene rings is 2. The van der Waals surface area contributed by atoms with E-state index in [4.69, 9.17) is 9.47 Å². The van der Waals surface area contributed by atoms with Crippen molar-refractivity contribution in [1.29, 1.82) is 0 Å². The van der Waals surface area contributed by atoms with Crippen LogP contribution in [0.25, 0.3) is 0 Å². The second-order valence-electron chi connectivity index (χ2n) is 5.04. The molecule has 2 aromatic rings. The lowest BCUT2D eigenvalue weighted by atomic mass is 9.92. The van der Waals surface area contributed by atoms with E-state index in [2.05, 4.69) is 22.0 Å². The molecule has 0 saturated carbocycles. The number of nitro benzene ring substituents is 1. The number of nitrogens with zero attached hydrogens (tertiary/aromatic N) is 1. The van der Waals surface area contributed by atoms with E-state index >= 15 is 0 Å². The van der Waals surface area contributed by atoms with Crippen molar-refractivity contribution in [2.75, 3.05) is 13.7 Å². The number of rotatable bonds is 3. The van der Waals surface area contributed by atoms with Crippen LogP contribution in [0.5, 0.6) is 5.75 Å². The van der Waals surface area contributed by atoms with Gasteiger partial charge < -0.3 is 9.47 Å². The molecule has 0 saturated heterocycles. The van der Waals surface area contributed by atoms with Crippen LogP contribution >= 0.6 is 15.9 Å². The molecule has 0 aliphatic carbocycles. The summed E-state index contributed by atoms with van der Waals surface area (Å²) in [7, 11) is 1.62. The van der Waals surface area contributed by atoms with Gasteiger partial charge in [0, 0.05) is 12.1 Å². The summed E-state index contributed by atoms with van der Waals surface area (Å²) in [6.07, 6.45) is 0.605. The normalized spacial score (nSPS) is 16.9. The van der Waals surface area contributed by atoms with Crippen molar-refractivity contribution >= 4 is 21.6 Å². The molecule has 0 N–H and O–H groups in total. The van der Waals surface area contributed by atoms with E-state index < -0.39 is 4.92 Å². The maximum absolute atomic E-state index is 10.8. The zero-order valence-corrected chi connectivity index (χ0v) is 13.5. The van der Waals surface area contributed by atoms with Crippen molar-refractivity contribution in [3.63, 3.8) is 0 Å². The molecule has 0 aromatic heterocycles. The van der Waals surface area contributed by atoms with Crippen LogP contribution in [-0.2, 0) is 11.2 Å². The number of hydrogen-bond acceptors (Lipinski definition) is 4. The molecule has 3 rings (SSSR count). The van der Waals surface area contributed by atoms with Crippen molar-refractivity contribution in [1.82, 2.24) is 0 Å². The number of ether oxygens (including phenoxy) is 2. The molecule has 0 amide bonds. The van der Waals surface area contributed by atoms with Gasteiger partial charge in [0.2, 0.25) is 0 Å². The Morgan fingerprint density at radius 1 is 1.32 bits per heavy atom. The Morgan fingerprint density at radius 3 is 2.68 bits per heavy atom. The molecule has 0 spiro atoms. The third kappa shape index (κ3) is 2.71. The second-order valence-corrected chi connectivity index (χ2v) is 5.89. The molecule has 114 valence electrons. The average molecular weight is 364 g/mol. The Bertz CT molecular complexity index is 715. The van der Waals surface area contributed by atoms with E-state index in [0.717, 1.165) is 27.8 Å². The van der Waals surface area contributed by atoms with Crippen LogP contribution in [0.4, 0.5) is 5.69 Å². The first-order valence-electron chi connectivity index (χ1n) is 6.82. The summed E-state index contributed by atoms with van der Waals surface area (Å²) in [4.78, 5) is 10.4. The molecule has 1 aliphatic heterocycles. The van der Waals surface area contributed by atoms with Gasteiger partial charge in [-0.3, -0.25) is 10.1 Å². The number of hydrogen-bond donors (Lipinski definition) is 0. The molecule has 0 bridgehead atoms. The van der Waals surface area contributed by atoms with Crippen LogP contribution in [-0.4, -0.2) is 18.6 Å². The molecule has 1 atom stereocenters. The molecule has 5 nitrogen and oxygen atoms in total. The van der Waals surface area contributed by atoms with Gasteiger partial charge in [0.1, 0.15) is 11.9 Å². The first-order chi connectivity index (χ1) is 10.6. The van der Waals surface area contributed by atoms with E-state index in [1.165, 1.54) is 17.7 Å². The lowest BCUT2D eigenvalue weighted by molar-refractivity contribution is -0.384. The maximum atomic E-state index is 10.8. The fourth-order valence-electron chi connectivity index (χ4n) is 2.65. The van der Waals surface area contributed by atoms with Crippen molar-refractivity contribution < 1.29 is 14.4 Å². The summed E-state index contributed by atoms with van der Waals surface area (Å²) in [5.41, 5.74) is 3.21. The van der Waals surface area contributed by atoms with Gasteiger partial charge >= 0.3 is 0 Å². The highest BCUT2D eigenvalue weighted by Gasteiger charge is 2.24. The standard InChI is InChI=1S/C16H14BrNO4/c1-21-15-9-13-11(8-14(15)17)6-7-22-16(13)10-2-4-12(5-3-10)18(19)20/h2-5,8-9,16H,6-7H2,1H3. The van der Waals surface area contributed by atoms with Crippen LogP contribution in [0.3, 0.4) is 0 Å². The quantitative estimate of drug-likeness (QED) is 0.610. The van der Waals surface area contributed by atoms with E-state index in [1.807, 2.05) is 6.07 Å². The number of nitro groups is 1. The van der Waals surface area contributed by atoms with Gasteiger partial charge in [-0.25, -0.2) is 0 Å². The van der Waals surface area contributed by atoms with Crippen molar-refractivity contribution in [2.45, 2.75) is 12.5 Å². The Morgan fingerprint density at radius 2 is 2.05 bits per heavy atom. The van der Waals surface area contributed by atoms with Crippen molar-refractivity contribution in [3.8, 4) is 5.75 Å². The van der Waals surface area contributed by atoms with Crippen molar-refractivity contribution in [2.24, 2.45) is 0 Å². The van der Waals surface area contributed by atoms with Gasteiger partial charge in [-0.05, 0) is 63.3 Å². The predicted molar refractivity (Wildman–Crippen MR) is 85.3 cm³/mol. The van der Waals surface area contributed by atoms with Gasteiger partial charge in [0.05, 0.1) is 23.1 Å². The zero-order valence-electron chi connectivity index (χ0n) is 11.9. The smallest absolute Gasteiger partial charge is 0.269 e. The van der Waals surface area contributed by atoms with Crippen LogP contribution in [0.1, 0.15) is 22.8 Å². The van der Waals surface area contributed by atoms with E-state index in [0.29, 0.717) is 6.61 Å². The van der Waals surface area contributed by atoms with Gasteiger partial charge in [0.25, 0.3) is 5.69 Å². The molecule has 1 unspecified atom stereocenters. The highest BCUT2D eigenvalue weighted by atomic mass is 79.9. The fraction of sp³-hybridized carbons (Fsp3) is 0.250. The van der Waals surface area contributed by atoms with Crippen LogP contribution in [0, 0.1) is 10.1 Å². The summed E-state index contributed by atoms with van der Waals surface area (Å²) < 4.78 is 12.2. The number of fused-ring (bicyclic) bond motifs is 1. The van der Waals surface area contributed by atoms with Gasteiger partial charge in [0.15, 0.2) is 0 Å². The summed E-state index contributed by atoms with van der Waals surface area (Å²) >= 11 is 3.50. The SMILES string of the molecule is COc1cc2c(cc1Br)CCOC2c1ccc([N+](=O)[O-])cc1. The van der Waals surface area contributed by atoms with E-state index in [1.54, 1.807) is 19.2 Å². The topological polar surface area (TPSA) is 61.6 Å². The Labute approximate surface area is 136 Å². The van der Waals surface area contributed by atoms with E-state index in [9.17, 15) is 10.1 Å². The third-order valence-corrected chi connectivity index (χ3v) is 4.38. The average Bonchev–Trinajstić information content (AvgIpc) is 2.53. The number of non-ortho nitro benzene ring substituents is 1. The predicted octanol–water partition coefficient (Wildman–Crippen LogP) is 4.03. The Hall–Kier alpha value is -1.92. The van der Waals surface area contributed by atoms with Crippen molar-refractivity contribution in [3.05, 3.63) is 67.7 Å². The highest BCUT2D eigenvalue weighted by molar-refractivity contribution is 9.10. The second kappa shape index (κ2) is 6.06. The van der Waals surface area contributed by atoms with Gasteiger partial charge in [-0.2, -0.15) is 0 Å². The van der Waals surface area contributed by atoms with Gasteiger partial charge in [-0.15, -0.1) is 0 Å². The number of halogens is 1. The maximum Gasteiger partial charge on any atom is 0.269 e. The molecule has 1 aliphatic rings. The minimum absolute atomic E-state index is 0.0770.